The zero-order valence-corrected chi connectivity index (χ0v) is 36.4. The van der Waals surface area contributed by atoms with Gasteiger partial charge < -0.3 is 0 Å². The Morgan fingerprint density at radius 3 is 1.66 bits per heavy atom. The van der Waals surface area contributed by atoms with E-state index in [1.165, 1.54) is 43.2 Å². The van der Waals surface area contributed by atoms with Gasteiger partial charge in [-0.3, -0.25) is 0 Å². The third-order valence-corrected chi connectivity index (χ3v) is 14.2. The Morgan fingerprint density at radius 1 is 0.446 bits per heavy atom. The van der Waals surface area contributed by atoms with Gasteiger partial charge in [-0.25, -0.2) is 19.9 Å². The number of benzene rings is 8. The zero-order chi connectivity index (χ0) is 43.5. The maximum absolute atomic E-state index is 5.47. The van der Waals surface area contributed by atoms with Crippen LogP contribution in [0.5, 0.6) is 0 Å². The van der Waals surface area contributed by atoms with Crippen molar-refractivity contribution >= 4 is 33.4 Å². The van der Waals surface area contributed by atoms with Crippen LogP contribution in [0.4, 0.5) is 0 Å². The first-order valence-electron chi connectivity index (χ1n) is 21.9. The molecule has 1 spiro atoms. The first kappa shape index (κ1) is 38.7. The number of hydrogen-bond acceptors (Lipinski definition) is 5. The summed E-state index contributed by atoms with van der Waals surface area (Å²) in [6.45, 7) is 6.35. The van der Waals surface area contributed by atoms with Gasteiger partial charge in [0.15, 0.2) is 17.5 Å². The predicted molar refractivity (Wildman–Crippen MR) is 269 cm³/mol. The number of rotatable bonds is 7. The van der Waals surface area contributed by atoms with Crippen molar-refractivity contribution in [3.8, 4) is 67.7 Å². The Labute approximate surface area is 382 Å². The summed E-state index contributed by atoms with van der Waals surface area (Å²) in [5.74, 6) is 1.83. The standard InChI is InChI=1S/C60H40N4S/c1-3-4-31-54-38(2)60(50-29-16-14-27-45(50)46-28-15-17-30-51(46)60)52-36-47-48-35-44(32-33-53(48)61-56(40-21-10-6-11-22-40)49(47)37-55(52)65-54)59-63-57(41-23-12-7-13-24-41)62-58(64-59)43-26-18-25-42(34-43)39-19-8-5-9-20-39/h3-37H,1H2,2H3/b31-4-. The van der Waals surface area contributed by atoms with Gasteiger partial charge in [0.05, 0.1) is 16.6 Å². The second kappa shape index (κ2) is 15.7. The summed E-state index contributed by atoms with van der Waals surface area (Å²) >= 11 is 1.83. The van der Waals surface area contributed by atoms with Crippen LogP contribution >= 0.6 is 11.8 Å². The molecule has 0 unspecified atom stereocenters. The lowest BCUT2D eigenvalue weighted by Crippen LogP contribution is -2.32. The van der Waals surface area contributed by atoms with E-state index in [9.17, 15) is 0 Å². The van der Waals surface area contributed by atoms with Crippen LogP contribution < -0.4 is 0 Å². The molecule has 0 atom stereocenters. The third-order valence-electron chi connectivity index (χ3n) is 13.0. The molecule has 12 rings (SSSR count). The highest BCUT2D eigenvalue weighted by atomic mass is 32.2. The minimum absolute atomic E-state index is 0.523. The molecule has 0 bridgehead atoms. The van der Waals surface area contributed by atoms with E-state index in [1.807, 2.05) is 42.1 Å². The molecule has 3 heterocycles. The molecule has 0 amide bonds. The van der Waals surface area contributed by atoms with Crippen molar-refractivity contribution in [1.82, 2.24) is 19.9 Å². The van der Waals surface area contributed by atoms with E-state index in [2.05, 4.69) is 196 Å². The maximum Gasteiger partial charge on any atom is 0.164 e. The monoisotopic (exact) mass is 848 g/mol. The summed E-state index contributed by atoms with van der Waals surface area (Å²) < 4.78 is 0. The van der Waals surface area contributed by atoms with Crippen molar-refractivity contribution in [3.05, 3.63) is 246 Å². The molecule has 8 aromatic carbocycles. The van der Waals surface area contributed by atoms with Gasteiger partial charge in [0.1, 0.15) is 0 Å². The smallest absolute Gasteiger partial charge is 0.164 e. The lowest BCUT2D eigenvalue weighted by molar-refractivity contribution is 0.724. The van der Waals surface area contributed by atoms with Crippen LogP contribution in [0.1, 0.15) is 23.6 Å². The molecule has 0 fully saturated rings. The van der Waals surface area contributed by atoms with Crippen LogP contribution in [-0.2, 0) is 5.41 Å². The molecule has 10 aromatic rings. The highest BCUT2D eigenvalue weighted by molar-refractivity contribution is 8.03. The van der Waals surface area contributed by atoms with Gasteiger partial charge in [0, 0.05) is 42.8 Å². The summed E-state index contributed by atoms with van der Waals surface area (Å²) in [5, 5.41) is 3.25. The second-order valence-corrected chi connectivity index (χ2v) is 17.7. The van der Waals surface area contributed by atoms with Crippen molar-refractivity contribution in [2.24, 2.45) is 0 Å². The molecule has 2 aromatic heterocycles. The predicted octanol–water partition coefficient (Wildman–Crippen LogP) is 15.3. The van der Waals surface area contributed by atoms with Crippen molar-refractivity contribution in [1.29, 1.82) is 0 Å². The minimum Gasteiger partial charge on any atom is -0.247 e. The van der Waals surface area contributed by atoms with Crippen molar-refractivity contribution < 1.29 is 0 Å². The van der Waals surface area contributed by atoms with E-state index in [0.29, 0.717) is 17.5 Å². The van der Waals surface area contributed by atoms with Gasteiger partial charge >= 0.3 is 0 Å². The van der Waals surface area contributed by atoms with E-state index >= 15 is 0 Å². The zero-order valence-electron chi connectivity index (χ0n) is 35.6. The Balaban J connectivity index is 1.13. The summed E-state index contributed by atoms with van der Waals surface area (Å²) in [4.78, 5) is 23.4. The topological polar surface area (TPSA) is 51.6 Å². The molecule has 2 aliphatic rings. The molecule has 5 heteroatoms. The number of hydrogen-bond donors (Lipinski definition) is 0. The molecule has 4 nitrogen and oxygen atoms in total. The summed E-state index contributed by atoms with van der Waals surface area (Å²) in [6, 6.07) is 68.8. The maximum atomic E-state index is 5.47. The van der Waals surface area contributed by atoms with Crippen LogP contribution in [0.3, 0.4) is 0 Å². The minimum atomic E-state index is -0.523. The average Bonchev–Trinajstić information content (AvgIpc) is 3.67. The molecule has 0 radical (unpaired) electrons. The molecule has 65 heavy (non-hydrogen) atoms. The van der Waals surface area contributed by atoms with E-state index in [0.717, 1.165) is 60.8 Å². The lowest BCUT2D eigenvalue weighted by Gasteiger charge is -2.40. The van der Waals surface area contributed by atoms with Crippen LogP contribution in [-0.4, -0.2) is 19.9 Å². The van der Waals surface area contributed by atoms with E-state index in [-0.39, 0.29) is 0 Å². The van der Waals surface area contributed by atoms with Crippen LogP contribution in [0.15, 0.2) is 234 Å². The number of nitrogens with zero attached hydrogens (tertiary/aromatic N) is 4. The first-order chi connectivity index (χ1) is 32.1. The molecule has 0 N–H and O–H groups in total. The fraction of sp³-hybridized carbons (Fsp3) is 0.0333. The largest absolute Gasteiger partial charge is 0.247 e. The number of aromatic nitrogens is 4. The van der Waals surface area contributed by atoms with E-state index in [1.54, 1.807) is 0 Å². The van der Waals surface area contributed by atoms with Crippen LogP contribution in [0.2, 0.25) is 0 Å². The molecular weight excluding hydrogens is 809 g/mol. The Hall–Kier alpha value is -7.99. The van der Waals surface area contributed by atoms with Crippen LogP contribution in [0.25, 0.3) is 89.4 Å². The molecule has 0 saturated heterocycles. The Morgan fingerprint density at radius 2 is 1.00 bits per heavy atom. The van der Waals surface area contributed by atoms with Gasteiger partial charge in [-0.2, -0.15) is 0 Å². The average molecular weight is 849 g/mol. The van der Waals surface area contributed by atoms with Crippen molar-refractivity contribution in [2.45, 2.75) is 17.2 Å². The fourth-order valence-corrected chi connectivity index (χ4v) is 11.2. The summed E-state index contributed by atoms with van der Waals surface area (Å²) in [7, 11) is 0. The van der Waals surface area contributed by atoms with Crippen LogP contribution in [0, 0.1) is 0 Å². The Kier molecular flexibility index (Phi) is 9.32. The quantitative estimate of drug-likeness (QED) is 0.118. The molecule has 1 aliphatic carbocycles. The third kappa shape index (κ3) is 6.30. The number of allylic oxidation sites excluding steroid dienone is 4. The normalized spacial score (nSPS) is 13.6. The molecular formula is C60H40N4S. The SMILES string of the molecule is C=C/C=C\C1=C(C)C2(c3cc4c(cc3S1)c(-c1ccccc1)nc1ccc(-c3nc(-c5ccccc5)nc(-c5cccc(-c6ccccc6)c5)n3)cc14)c1ccccc1-c1ccccc12. The van der Waals surface area contributed by atoms with Crippen molar-refractivity contribution in [3.63, 3.8) is 0 Å². The van der Waals surface area contributed by atoms with Gasteiger partial charge in [0.2, 0.25) is 0 Å². The van der Waals surface area contributed by atoms with Gasteiger partial charge in [-0.15, -0.1) is 0 Å². The molecule has 306 valence electrons. The summed E-state index contributed by atoms with van der Waals surface area (Å²) in [5.41, 5.74) is 15.1. The first-order valence-corrected chi connectivity index (χ1v) is 22.7. The summed E-state index contributed by atoms with van der Waals surface area (Å²) in [6.07, 6.45) is 6.14. The number of pyridine rings is 1. The highest BCUT2D eigenvalue weighted by Gasteiger charge is 2.49. The van der Waals surface area contributed by atoms with Gasteiger partial charge in [-0.05, 0) is 99.3 Å². The van der Waals surface area contributed by atoms with E-state index < -0.39 is 5.41 Å². The molecule has 0 saturated carbocycles. The van der Waals surface area contributed by atoms with Gasteiger partial charge in [0.25, 0.3) is 0 Å². The fourth-order valence-electron chi connectivity index (χ4n) is 10.0. The van der Waals surface area contributed by atoms with Gasteiger partial charge in [-0.1, -0.05) is 188 Å². The molecule has 1 aliphatic heterocycles. The highest BCUT2D eigenvalue weighted by Crippen LogP contribution is 2.62. The number of thioether (sulfide) groups is 1. The second-order valence-electron chi connectivity index (χ2n) is 16.6. The lowest BCUT2D eigenvalue weighted by atomic mass is 9.67. The van der Waals surface area contributed by atoms with Crippen molar-refractivity contribution in [2.75, 3.05) is 0 Å². The Bertz CT molecular complexity index is 3550. The number of fused-ring (bicyclic) bond motifs is 10. The van der Waals surface area contributed by atoms with E-state index in [4.69, 9.17) is 19.9 Å².